The van der Waals surface area contributed by atoms with Crippen LogP contribution >= 0.6 is 0 Å². The zero-order valence-electron chi connectivity index (χ0n) is 12.7. The number of hydrogen-bond donors (Lipinski definition) is 2. The van der Waals surface area contributed by atoms with E-state index in [-0.39, 0.29) is 23.9 Å². The molecule has 0 spiro atoms. The number of hydrogen-bond acceptors (Lipinski definition) is 2. The Kier molecular flexibility index (Phi) is 5.56. The van der Waals surface area contributed by atoms with Gasteiger partial charge in [0.2, 0.25) is 0 Å². The van der Waals surface area contributed by atoms with Gasteiger partial charge >= 0.3 is 6.03 Å². The summed E-state index contributed by atoms with van der Waals surface area (Å²) in [5, 5.41) is 6.30. The van der Waals surface area contributed by atoms with E-state index in [1.807, 2.05) is 30.9 Å². The summed E-state index contributed by atoms with van der Waals surface area (Å²) in [6.45, 7) is 6.02. The molecular formula is C16H24FN3O. The summed E-state index contributed by atoms with van der Waals surface area (Å²) in [6.07, 6.45) is 1.72. The summed E-state index contributed by atoms with van der Waals surface area (Å²) < 4.78 is 13.9. The maximum atomic E-state index is 13.9. The highest BCUT2D eigenvalue weighted by atomic mass is 19.1. The van der Waals surface area contributed by atoms with Gasteiger partial charge in [0.25, 0.3) is 0 Å². The maximum Gasteiger partial charge on any atom is 0.317 e. The molecule has 0 radical (unpaired) electrons. The molecule has 1 aromatic rings. The van der Waals surface area contributed by atoms with Gasteiger partial charge in [-0.1, -0.05) is 25.1 Å². The molecule has 2 rings (SSSR count). The number of carbonyl (C=O) groups excluding carboxylic acids is 1. The summed E-state index contributed by atoms with van der Waals surface area (Å²) in [5.41, 5.74) is 0.705. The molecule has 5 heteroatoms. The third-order valence-electron chi connectivity index (χ3n) is 3.93. The van der Waals surface area contributed by atoms with Crippen LogP contribution in [0.25, 0.3) is 0 Å². The lowest BCUT2D eigenvalue weighted by Gasteiger charge is -2.23. The Labute approximate surface area is 125 Å². The van der Waals surface area contributed by atoms with E-state index in [9.17, 15) is 9.18 Å². The number of urea groups is 1. The Balaban J connectivity index is 1.95. The minimum Gasteiger partial charge on any atom is -0.338 e. The van der Waals surface area contributed by atoms with Crippen molar-refractivity contribution >= 4 is 6.03 Å². The normalized spacial score (nSPS) is 19.6. The first-order valence-electron chi connectivity index (χ1n) is 7.69. The molecule has 0 bridgehead atoms. The fraction of sp³-hybridized carbons (Fsp3) is 0.562. The van der Waals surface area contributed by atoms with E-state index < -0.39 is 0 Å². The Morgan fingerprint density at radius 1 is 1.43 bits per heavy atom. The van der Waals surface area contributed by atoms with Gasteiger partial charge in [-0.25, -0.2) is 9.18 Å². The van der Waals surface area contributed by atoms with Crippen molar-refractivity contribution in [3.05, 3.63) is 35.6 Å². The summed E-state index contributed by atoms with van der Waals surface area (Å²) in [4.78, 5) is 13.6. The van der Waals surface area contributed by atoms with Gasteiger partial charge in [-0.15, -0.1) is 0 Å². The zero-order chi connectivity index (χ0) is 15.2. The van der Waals surface area contributed by atoms with Crippen molar-refractivity contribution in [3.63, 3.8) is 0 Å². The average molecular weight is 293 g/mol. The van der Waals surface area contributed by atoms with Crippen molar-refractivity contribution in [1.29, 1.82) is 0 Å². The fourth-order valence-corrected chi connectivity index (χ4v) is 2.81. The van der Waals surface area contributed by atoms with E-state index in [1.165, 1.54) is 6.07 Å². The second-order valence-electron chi connectivity index (χ2n) is 5.42. The molecular weight excluding hydrogens is 269 g/mol. The van der Waals surface area contributed by atoms with Gasteiger partial charge in [-0.3, -0.25) is 0 Å². The Morgan fingerprint density at radius 3 is 2.86 bits per heavy atom. The third-order valence-corrected chi connectivity index (χ3v) is 3.93. The quantitative estimate of drug-likeness (QED) is 0.876. The highest BCUT2D eigenvalue weighted by Crippen LogP contribution is 2.22. The zero-order valence-corrected chi connectivity index (χ0v) is 12.7. The SMILES string of the molecule is CCNC(=O)N1CC[C@@H](N[C@@H](CC)c2ccccc2F)C1. The highest BCUT2D eigenvalue weighted by Gasteiger charge is 2.28. The minimum absolute atomic E-state index is 0.00890. The smallest absolute Gasteiger partial charge is 0.317 e. The molecule has 2 N–H and O–H groups in total. The van der Waals surface area contributed by atoms with Crippen LogP contribution in [-0.2, 0) is 0 Å². The number of nitrogens with one attached hydrogen (secondary N) is 2. The van der Waals surface area contributed by atoms with E-state index in [4.69, 9.17) is 0 Å². The number of likely N-dealkylation sites (tertiary alicyclic amines) is 1. The minimum atomic E-state index is -0.171. The van der Waals surface area contributed by atoms with Crippen LogP contribution in [-0.4, -0.2) is 36.6 Å². The number of halogens is 1. The van der Waals surface area contributed by atoms with E-state index in [0.717, 1.165) is 19.4 Å². The molecule has 2 amide bonds. The van der Waals surface area contributed by atoms with Crippen molar-refractivity contribution in [2.75, 3.05) is 19.6 Å². The second kappa shape index (κ2) is 7.41. The molecule has 1 saturated heterocycles. The van der Waals surface area contributed by atoms with Crippen molar-refractivity contribution in [3.8, 4) is 0 Å². The van der Waals surface area contributed by atoms with E-state index >= 15 is 0 Å². The predicted molar refractivity (Wildman–Crippen MR) is 81.6 cm³/mol. The molecule has 1 fully saturated rings. The predicted octanol–water partition coefficient (Wildman–Crippen LogP) is 2.67. The number of carbonyl (C=O) groups is 1. The maximum absolute atomic E-state index is 13.9. The first-order valence-corrected chi connectivity index (χ1v) is 7.69. The average Bonchev–Trinajstić information content (AvgIpc) is 2.94. The van der Waals surface area contributed by atoms with Crippen LogP contribution in [0.5, 0.6) is 0 Å². The molecule has 0 saturated carbocycles. The van der Waals surface area contributed by atoms with E-state index in [1.54, 1.807) is 6.07 Å². The fourth-order valence-electron chi connectivity index (χ4n) is 2.81. The molecule has 21 heavy (non-hydrogen) atoms. The summed E-state index contributed by atoms with van der Waals surface area (Å²) >= 11 is 0. The van der Waals surface area contributed by atoms with Gasteiger partial charge in [0, 0.05) is 37.3 Å². The van der Waals surface area contributed by atoms with Crippen molar-refractivity contribution < 1.29 is 9.18 Å². The first kappa shape index (κ1) is 15.8. The number of amides is 2. The molecule has 1 aromatic carbocycles. The van der Waals surface area contributed by atoms with Crippen LogP contribution in [0.3, 0.4) is 0 Å². The monoisotopic (exact) mass is 293 g/mol. The lowest BCUT2D eigenvalue weighted by molar-refractivity contribution is 0.208. The molecule has 2 atom stereocenters. The van der Waals surface area contributed by atoms with Crippen LogP contribution in [0.15, 0.2) is 24.3 Å². The molecule has 0 aliphatic carbocycles. The molecule has 4 nitrogen and oxygen atoms in total. The van der Waals surface area contributed by atoms with Crippen molar-refractivity contribution in [2.45, 2.75) is 38.8 Å². The van der Waals surface area contributed by atoms with Crippen molar-refractivity contribution in [2.24, 2.45) is 0 Å². The lowest BCUT2D eigenvalue weighted by atomic mass is 10.0. The highest BCUT2D eigenvalue weighted by molar-refractivity contribution is 5.74. The number of benzene rings is 1. The summed E-state index contributed by atoms with van der Waals surface area (Å²) in [6, 6.07) is 7.09. The first-order chi connectivity index (χ1) is 10.2. The Morgan fingerprint density at radius 2 is 2.19 bits per heavy atom. The van der Waals surface area contributed by atoms with Gasteiger partial charge in [0.1, 0.15) is 5.82 Å². The molecule has 1 aliphatic heterocycles. The van der Waals surface area contributed by atoms with Gasteiger partial charge in [-0.05, 0) is 25.8 Å². The summed E-state index contributed by atoms with van der Waals surface area (Å²) in [5.74, 6) is -0.171. The van der Waals surface area contributed by atoms with Gasteiger partial charge in [0.05, 0.1) is 0 Å². The van der Waals surface area contributed by atoms with Crippen molar-refractivity contribution in [1.82, 2.24) is 15.5 Å². The Bertz CT molecular complexity index is 480. The number of nitrogens with zero attached hydrogens (tertiary/aromatic N) is 1. The van der Waals surface area contributed by atoms with Gasteiger partial charge in [0.15, 0.2) is 0 Å². The topological polar surface area (TPSA) is 44.4 Å². The summed E-state index contributed by atoms with van der Waals surface area (Å²) in [7, 11) is 0. The van der Waals surface area contributed by atoms with Crippen LogP contribution in [0.1, 0.15) is 38.3 Å². The van der Waals surface area contributed by atoms with E-state index in [0.29, 0.717) is 18.7 Å². The van der Waals surface area contributed by atoms with Crippen LogP contribution in [0.4, 0.5) is 9.18 Å². The standard InChI is InChI=1S/C16H24FN3O/c1-3-15(13-7-5-6-8-14(13)17)19-12-9-10-20(11-12)16(21)18-4-2/h5-8,12,15,19H,3-4,9-11H2,1-2H3,(H,18,21)/t12-,15+/m1/s1. The van der Waals surface area contributed by atoms with Crippen LogP contribution in [0, 0.1) is 5.82 Å². The van der Waals surface area contributed by atoms with Crippen LogP contribution < -0.4 is 10.6 Å². The van der Waals surface area contributed by atoms with E-state index in [2.05, 4.69) is 10.6 Å². The molecule has 1 aliphatic rings. The largest absolute Gasteiger partial charge is 0.338 e. The van der Waals surface area contributed by atoms with Crippen LogP contribution in [0.2, 0.25) is 0 Å². The number of rotatable bonds is 5. The van der Waals surface area contributed by atoms with Gasteiger partial charge in [-0.2, -0.15) is 0 Å². The second-order valence-corrected chi connectivity index (χ2v) is 5.42. The Hall–Kier alpha value is -1.62. The molecule has 0 aromatic heterocycles. The molecule has 1 heterocycles. The third kappa shape index (κ3) is 3.94. The molecule has 0 unspecified atom stereocenters. The van der Waals surface area contributed by atoms with Gasteiger partial charge < -0.3 is 15.5 Å². The molecule has 116 valence electrons. The lowest BCUT2D eigenvalue weighted by Crippen LogP contribution is -2.41.